The number of benzene rings is 3. The smallest absolute Gasteiger partial charge is 0.187 e. The minimum absolute atomic E-state index is 0.144. The predicted octanol–water partition coefficient (Wildman–Crippen LogP) is 5.75. The first kappa shape index (κ1) is 19.9. The Morgan fingerprint density at radius 1 is 0.867 bits per heavy atom. The normalized spacial score (nSPS) is 16.0. The van der Waals surface area contributed by atoms with Gasteiger partial charge in [-0.25, -0.2) is 22.0 Å². The van der Waals surface area contributed by atoms with Gasteiger partial charge >= 0.3 is 0 Å². The number of halogens is 5. The number of methoxy groups -OCH3 is 1. The molecule has 0 aromatic heterocycles. The molecular formula is C22H15F5N2O. The monoisotopic (exact) mass is 418 g/mol. The first-order valence-electron chi connectivity index (χ1n) is 8.98. The Balaban J connectivity index is 1.84. The van der Waals surface area contributed by atoms with Gasteiger partial charge in [0.25, 0.3) is 0 Å². The van der Waals surface area contributed by atoms with E-state index in [1.807, 2.05) is 0 Å². The molecule has 154 valence electrons. The fourth-order valence-electron chi connectivity index (χ4n) is 3.38. The first-order valence-corrected chi connectivity index (χ1v) is 8.98. The summed E-state index contributed by atoms with van der Waals surface area (Å²) in [6.45, 7) is 0. The first-order chi connectivity index (χ1) is 14.4. The van der Waals surface area contributed by atoms with E-state index >= 15 is 0 Å². The summed E-state index contributed by atoms with van der Waals surface area (Å²) >= 11 is 0. The molecule has 4 rings (SSSR count). The molecule has 1 atom stereocenters. The van der Waals surface area contributed by atoms with E-state index in [0.29, 0.717) is 22.6 Å². The second-order valence-electron chi connectivity index (χ2n) is 6.71. The summed E-state index contributed by atoms with van der Waals surface area (Å²) in [6, 6.07) is 11.4. The maximum atomic E-state index is 14.5. The average molecular weight is 418 g/mol. The van der Waals surface area contributed by atoms with Crippen molar-refractivity contribution in [3.63, 3.8) is 0 Å². The molecule has 30 heavy (non-hydrogen) atoms. The van der Waals surface area contributed by atoms with Crippen LogP contribution in [-0.2, 0) is 0 Å². The lowest BCUT2D eigenvalue weighted by atomic mass is 9.98. The Labute approximate surface area is 169 Å². The Kier molecular flexibility index (Phi) is 5.15. The zero-order valence-corrected chi connectivity index (χ0v) is 15.7. The molecule has 3 nitrogen and oxygen atoms in total. The van der Waals surface area contributed by atoms with Crippen LogP contribution in [-0.4, -0.2) is 12.8 Å². The van der Waals surface area contributed by atoms with Crippen LogP contribution in [0.15, 0.2) is 59.7 Å². The number of hydrogen-bond acceptors (Lipinski definition) is 3. The van der Waals surface area contributed by atoms with Crippen LogP contribution in [0.3, 0.4) is 0 Å². The predicted molar refractivity (Wildman–Crippen MR) is 102 cm³/mol. The molecule has 1 heterocycles. The van der Waals surface area contributed by atoms with Gasteiger partial charge in [0.15, 0.2) is 23.3 Å². The lowest BCUT2D eigenvalue weighted by Crippen LogP contribution is -2.22. The summed E-state index contributed by atoms with van der Waals surface area (Å²) in [6.07, 6.45) is 0.176. The summed E-state index contributed by atoms with van der Waals surface area (Å²) in [5, 5.41) is 5.18. The van der Waals surface area contributed by atoms with Crippen molar-refractivity contribution in [1.29, 1.82) is 0 Å². The van der Waals surface area contributed by atoms with E-state index in [2.05, 4.69) is 5.10 Å². The highest BCUT2D eigenvalue weighted by molar-refractivity contribution is 6.03. The van der Waals surface area contributed by atoms with Gasteiger partial charge in [-0.1, -0.05) is 12.1 Å². The zero-order valence-electron chi connectivity index (χ0n) is 15.7. The van der Waals surface area contributed by atoms with Crippen molar-refractivity contribution in [2.75, 3.05) is 12.1 Å². The summed E-state index contributed by atoms with van der Waals surface area (Å²) < 4.78 is 75.2. The van der Waals surface area contributed by atoms with Crippen molar-refractivity contribution in [3.05, 3.63) is 94.8 Å². The second kappa shape index (κ2) is 7.78. The van der Waals surface area contributed by atoms with E-state index in [9.17, 15) is 22.0 Å². The molecule has 0 amide bonds. The van der Waals surface area contributed by atoms with Crippen molar-refractivity contribution >= 4 is 11.4 Å². The molecule has 0 radical (unpaired) electrons. The third-order valence-corrected chi connectivity index (χ3v) is 4.91. The molecule has 3 aromatic carbocycles. The highest BCUT2D eigenvalue weighted by Crippen LogP contribution is 2.40. The van der Waals surface area contributed by atoms with Crippen molar-refractivity contribution in [2.45, 2.75) is 12.5 Å². The van der Waals surface area contributed by atoms with Gasteiger partial charge in [0.2, 0.25) is 0 Å². The van der Waals surface area contributed by atoms with E-state index in [0.717, 1.165) is 5.01 Å². The quantitative estimate of drug-likeness (QED) is 0.398. The zero-order chi connectivity index (χ0) is 21.4. The number of ether oxygens (including phenoxy) is 1. The molecule has 8 heteroatoms. The summed E-state index contributed by atoms with van der Waals surface area (Å²) in [5.74, 6) is -6.06. The Morgan fingerprint density at radius 3 is 2.03 bits per heavy atom. The summed E-state index contributed by atoms with van der Waals surface area (Å²) in [7, 11) is 1.51. The Bertz CT molecular complexity index is 1090. The van der Waals surface area contributed by atoms with Crippen molar-refractivity contribution in [3.8, 4) is 5.75 Å². The summed E-state index contributed by atoms with van der Waals surface area (Å²) in [4.78, 5) is 0. The van der Waals surface area contributed by atoms with Gasteiger partial charge in [0.1, 0.15) is 17.3 Å². The molecule has 0 aliphatic carbocycles. The molecule has 0 saturated heterocycles. The van der Waals surface area contributed by atoms with Crippen molar-refractivity contribution < 1.29 is 26.7 Å². The molecule has 0 spiro atoms. The molecular weight excluding hydrogens is 403 g/mol. The van der Waals surface area contributed by atoms with Crippen LogP contribution >= 0.6 is 0 Å². The van der Waals surface area contributed by atoms with Gasteiger partial charge in [-0.05, 0) is 47.5 Å². The standard InChI is InChI=1S/C22H15F5N2O/c1-30-15-8-4-12(5-9-15)18-11-19(13-2-6-14(23)7-3-13)29(28-18)22-20(26)16(24)10-17(25)21(22)27/h2-10,19H,11H2,1H3/t19-/m0/s1. The molecule has 1 aliphatic rings. The molecule has 0 unspecified atom stereocenters. The third kappa shape index (κ3) is 3.49. The van der Waals surface area contributed by atoms with Crippen molar-refractivity contribution in [1.82, 2.24) is 0 Å². The molecule has 0 bridgehead atoms. The lowest BCUT2D eigenvalue weighted by Gasteiger charge is -2.25. The van der Waals surface area contributed by atoms with Gasteiger partial charge in [0.05, 0.1) is 18.9 Å². The molecule has 3 aromatic rings. The highest BCUT2D eigenvalue weighted by Gasteiger charge is 2.35. The fourth-order valence-corrected chi connectivity index (χ4v) is 3.38. The average Bonchev–Trinajstić information content (AvgIpc) is 3.18. The van der Waals surface area contributed by atoms with Gasteiger partial charge in [-0.3, -0.25) is 5.01 Å². The van der Waals surface area contributed by atoms with E-state index in [4.69, 9.17) is 4.74 Å². The Morgan fingerprint density at radius 2 is 1.47 bits per heavy atom. The largest absolute Gasteiger partial charge is 0.497 e. The van der Waals surface area contributed by atoms with Gasteiger partial charge in [0, 0.05) is 12.5 Å². The van der Waals surface area contributed by atoms with Crippen LogP contribution in [0, 0.1) is 29.1 Å². The third-order valence-electron chi connectivity index (χ3n) is 4.91. The van der Waals surface area contributed by atoms with Crippen molar-refractivity contribution in [2.24, 2.45) is 5.10 Å². The van der Waals surface area contributed by atoms with Crippen LogP contribution in [0.4, 0.5) is 27.6 Å². The Hall–Kier alpha value is -3.42. The molecule has 0 saturated carbocycles. The topological polar surface area (TPSA) is 24.8 Å². The van der Waals surface area contributed by atoms with Crippen LogP contribution in [0.1, 0.15) is 23.6 Å². The van der Waals surface area contributed by atoms with Crippen LogP contribution in [0.2, 0.25) is 0 Å². The van der Waals surface area contributed by atoms with E-state index < -0.39 is 40.8 Å². The van der Waals surface area contributed by atoms with Gasteiger partial charge in [-0.15, -0.1) is 0 Å². The van der Waals surface area contributed by atoms with Gasteiger partial charge < -0.3 is 4.74 Å². The van der Waals surface area contributed by atoms with Gasteiger partial charge in [-0.2, -0.15) is 5.10 Å². The minimum Gasteiger partial charge on any atom is -0.497 e. The van der Waals surface area contributed by atoms with E-state index in [1.165, 1.54) is 31.4 Å². The minimum atomic E-state index is -1.55. The van der Waals surface area contributed by atoms with E-state index in [1.54, 1.807) is 24.3 Å². The number of nitrogens with zero attached hydrogens (tertiary/aromatic N) is 2. The highest BCUT2D eigenvalue weighted by atomic mass is 19.2. The maximum absolute atomic E-state index is 14.5. The number of hydrazone groups is 1. The SMILES string of the molecule is COc1ccc(C2=NN(c3c(F)c(F)cc(F)c3F)[C@H](c3ccc(F)cc3)C2)cc1. The van der Waals surface area contributed by atoms with E-state index in [-0.39, 0.29) is 12.5 Å². The van der Waals surface area contributed by atoms with Crippen LogP contribution < -0.4 is 9.75 Å². The van der Waals surface area contributed by atoms with Crippen LogP contribution in [0.25, 0.3) is 0 Å². The second-order valence-corrected chi connectivity index (χ2v) is 6.71. The van der Waals surface area contributed by atoms with Crippen LogP contribution in [0.5, 0.6) is 5.75 Å². The molecule has 1 aliphatic heterocycles. The number of hydrogen-bond donors (Lipinski definition) is 0. The lowest BCUT2D eigenvalue weighted by molar-refractivity contribution is 0.415. The number of anilines is 1. The summed E-state index contributed by atoms with van der Waals surface area (Å²) in [5.41, 5.74) is 0.621. The molecule has 0 N–H and O–H groups in total. The molecule has 0 fully saturated rings. The fraction of sp³-hybridized carbons (Fsp3) is 0.136. The maximum Gasteiger partial charge on any atom is 0.187 e. The number of rotatable bonds is 4.